The molecule has 5 atom stereocenters. The highest BCUT2D eigenvalue weighted by Crippen LogP contribution is 2.29. The number of benzene rings is 1. The van der Waals surface area contributed by atoms with Gasteiger partial charge in [0.1, 0.15) is 19.0 Å². The maximum absolute atomic E-state index is 14.0. The molecule has 1 heterocycles. The van der Waals surface area contributed by atoms with Crippen molar-refractivity contribution >= 4 is 11.8 Å². The standard InChI is InChI=1S/C36H61N3O6/c1-5-6-17-33(35(41)38-31(22-27-13-9-7-10-14-27)32(40)24-30(37)26(2)3)45-34(23-28-15-11-8-12-16-28)36(42)39-20-18-29(19-21-39)44-25-43-4/h8,11-12,15-16,26-27,29-34,40H,5-7,9-10,13-14,17-25,37H2,1-4H3,(H,38,41)/t30-,31-,32-,33-,34-/m0/s1. The van der Waals surface area contributed by atoms with Crippen LogP contribution in [-0.2, 0) is 30.2 Å². The molecule has 1 saturated heterocycles. The molecule has 0 aromatic heterocycles. The van der Waals surface area contributed by atoms with Crippen molar-refractivity contribution in [1.82, 2.24) is 10.2 Å². The van der Waals surface area contributed by atoms with E-state index >= 15 is 0 Å². The van der Waals surface area contributed by atoms with Crippen molar-refractivity contribution in [2.24, 2.45) is 17.6 Å². The van der Waals surface area contributed by atoms with Crippen LogP contribution in [0, 0.1) is 11.8 Å². The van der Waals surface area contributed by atoms with Crippen molar-refractivity contribution < 1.29 is 28.9 Å². The van der Waals surface area contributed by atoms with E-state index in [1.807, 2.05) is 35.2 Å². The van der Waals surface area contributed by atoms with E-state index in [0.29, 0.717) is 38.3 Å². The second-order valence-electron chi connectivity index (χ2n) is 13.6. The van der Waals surface area contributed by atoms with E-state index in [4.69, 9.17) is 19.9 Å². The third-order valence-electron chi connectivity index (χ3n) is 9.63. The summed E-state index contributed by atoms with van der Waals surface area (Å²) >= 11 is 0. The van der Waals surface area contributed by atoms with Gasteiger partial charge in [0, 0.05) is 32.7 Å². The average Bonchev–Trinajstić information content (AvgIpc) is 3.05. The molecule has 9 nitrogen and oxygen atoms in total. The predicted octanol–water partition coefficient (Wildman–Crippen LogP) is 4.97. The van der Waals surface area contributed by atoms with Crippen LogP contribution in [0.1, 0.15) is 103 Å². The summed E-state index contributed by atoms with van der Waals surface area (Å²) in [7, 11) is 1.61. The Bertz CT molecular complexity index is 965. The second kappa shape index (κ2) is 20.3. The highest BCUT2D eigenvalue weighted by Gasteiger charge is 2.35. The normalized spacial score (nSPS) is 20.0. The van der Waals surface area contributed by atoms with Crippen LogP contribution in [0.5, 0.6) is 0 Å². The van der Waals surface area contributed by atoms with Crippen molar-refractivity contribution in [3.63, 3.8) is 0 Å². The zero-order chi connectivity index (χ0) is 32.6. The number of hydrogen-bond acceptors (Lipinski definition) is 7. The van der Waals surface area contributed by atoms with Crippen LogP contribution in [0.4, 0.5) is 0 Å². The Morgan fingerprint density at radius 3 is 2.36 bits per heavy atom. The molecular weight excluding hydrogens is 570 g/mol. The van der Waals surface area contributed by atoms with Crippen molar-refractivity contribution in [1.29, 1.82) is 0 Å². The number of likely N-dealkylation sites (tertiary alicyclic amines) is 1. The first-order valence-corrected chi connectivity index (χ1v) is 17.5. The predicted molar refractivity (Wildman–Crippen MR) is 177 cm³/mol. The maximum atomic E-state index is 14.0. The van der Waals surface area contributed by atoms with Crippen LogP contribution in [-0.4, -0.2) is 85.3 Å². The smallest absolute Gasteiger partial charge is 0.252 e. The lowest BCUT2D eigenvalue weighted by Crippen LogP contribution is -2.53. The van der Waals surface area contributed by atoms with E-state index in [9.17, 15) is 14.7 Å². The number of aliphatic hydroxyl groups is 1. The molecular formula is C36H61N3O6. The fourth-order valence-electron chi connectivity index (χ4n) is 6.57. The Balaban J connectivity index is 1.77. The van der Waals surface area contributed by atoms with Gasteiger partial charge in [-0.3, -0.25) is 9.59 Å². The van der Waals surface area contributed by atoms with Crippen molar-refractivity contribution in [3.8, 4) is 0 Å². The molecule has 9 heteroatoms. The number of nitrogens with one attached hydrogen (secondary N) is 1. The van der Waals surface area contributed by atoms with Gasteiger partial charge in [-0.1, -0.05) is 96.0 Å². The number of carbonyl (C=O) groups is 2. The molecule has 2 aliphatic rings. The minimum atomic E-state index is -0.801. The molecule has 0 bridgehead atoms. The van der Waals surface area contributed by atoms with E-state index in [1.165, 1.54) is 19.3 Å². The molecule has 45 heavy (non-hydrogen) atoms. The SMILES string of the molecule is CCCC[C@H](O[C@@H](Cc1ccccc1)C(=O)N1CCC(OCOC)CC1)C(=O)N[C@@H](CC1CCCCC1)[C@@H](O)C[C@H](N)C(C)C. The van der Waals surface area contributed by atoms with Crippen LogP contribution in [0.2, 0.25) is 0 Å². The van der Waals surface area contributed by atoms with E-state index in [0.717, 1.165) is 50.5 Å². The lowest BCUT2D eigenvalue weighted by molar-refractivity contribution is -0.157. The molecule has 2 fully saturated rings. The van der Waals surface area contributed by atoms with Crippen molar-refractivity contribution in [2.45, 2.75) is 141 Å². The Morgan fingerprint density at radius 1 is 1.04 bits per heavy atom. The van der Waals surface area contributed by atoms with Crippen LogP contribution in [0.15, 0.2) is 30.3 Å². The van der Waals surface area contributed by atoms with Crippen LogP contribution >= 0.6 is 0 Å². The number of carbonyl (C=O) groups excluding carboxylic acids is 2. The molecule has 1 aromatic rings. The monoisotopic (exact) mass is 631 g/mol. The summed E-state index contributed by atoms with van der Waals surface area (Å²) in [5.41, 5.74) is 7.35. The summed E-state index contributed by atoms with van der Waals surface area (Å²) in [5.74, 6) is 0.346. The number of ether oxygens (including phenoxy) is 3. The first-order valence-electron chi connectivity index (χ1n) is 17.5. The molecule has 256 valence electrons. The summed E-state index contributed by atoms with van der Waals surface area (Å²) < 4.78 is 17.3. The summed E-state index contributed by atoms with van der Waals surface area (Å²) in [4.78, 5) is 29.9. The van der Waals surface area contributed by atoms with Crippen molar-refractivity contribution in [2.75, 3.05) is 27.0 Å². The van der Waals surface area contributed by atoms with Gasteiger partial charge < -0.3 is 35.3 Å². The zero-order valence-corrected chi connectivity index (χ0v) is 28.3. The minimum absolute atomic E-state index is 0.0573. The Kier molecular flexibility index (Phi) is 16.8. The summed E-state index contributed by atoms with van der Waals surface area (Å²) in [6.07, 6.45) is 8.76. The van der Waals surface area contributed by atoms with Gasteiger partial charge in [0.05, 0.1) is 18.2 Å². The molecule has 4 N–H and O–H groups in total. The van der Waals surface area contributed by atoms with Crippen LogP contribution in [0.25, 0.3) is 0 Å². The first kappa shape index (κ1) is 37.4. The van der Waals surface area contributed by atoms with Gasteiger partial charge in [0.15, 0.2) is 0 Å². The molecule has 2 amide bonds. The number of rotatable bonds is 19. The summed E-state index contributed by atoms with van der Waals surface area (Å²) in [6, 6.07) is 9.27. The Labute approximate surface area is 271 Å². The van der Waals surface area contributed by atoms with Gasteiger partial charge in [-0.25, -0.2) is 0 Å². The van der Waals surface area contributed by atoms with Crippen LogP contribution < -0.4 is 11.1 Å². The zero-order valence-electron chi connectivity index (χ0n) is 28.3. The van der Waals surface area contributed by atoms with E-state index in [1.54, 1.807) is 7.11 Å². The number of unbranched alkanes of at least 4 members (excludes halogenated alkanes) is 1. The van der Waals surface area contributed by atoms with E-state index in [2.05, 4.69) is 26.1 Å². The molecule has 1 aliphatic carbocycles. The lowest BCUT2D eigenvalue weighted by Gasteiger charge is -2.35. The van der Waals surface area contributed by atoms with Gasteiger partial charge in [0.25, 0.3) is 5.91 Å². The molecule has 0 unspecified atom stereocenters. The lowest BCUT2D eigenvalue weighted by atomic mass is 9.82. The fraction of sp³-hybridized carbons (Fsp3) is 0.778. The summed E-state index contributed by atoms with van der Waals surface area (Å²) in [5, 5.41) is 14.6. The molecule has 3 rings (SSSR count). The van der Waals surface area contributed by atoms with Gasteiger partial charge in [-0.05, 0) is 49.5 Å². The van der Waals surface area contributed by atoms with E-state index < -0.39 is 24.4 Å². The topological polar surface area (TPSA) is 123 Å². The Hall–Kier alpha value is -2.04. The maximum Gasteiger partial charge on any atom is 0.252 e. The number of piperidine rings is 1. The van der Waals surface area contributed by atoms with Crippen LogP contribution in [0.3, 0.4) is 0 Å². The molecule has 1 aromatic carbocycles. The molecule has 0 spiro atoms. The van der Waals surface area contributed by atoms with Gasteiger partial charge in [0.2, 0.25) is 5.91 Å². The van der Waals surface area contributed by atoms with Crippen molar-refractivity contribution in [3.05, 3.63) is 35.9 Å². The second-order valence-corrected chi connectivity index (χ2v) is 13.6. The summed E-state index contributed by atoms with van der Waals surface area (Å²) in [6.45, 7) is 7.57. The molecule has 0 radical (unpaired) electrons. The highest BCUT2D eigenvalue weighted by molar-refractivity contribution is 5.84. The number of nitrogens with two attached hydrogens (primary N) is 1. The van der Waals surface area contributed by atoms with Gasteiger partial charge in [-0.15, -0.1) is 0 Å². The number of hydrogen-bond donors (Lipinski definition) is 3. The molecule has 1 aliphatic heterocycles. The number of amides is 2. The van der Waals surface area contributed by atoms with E-state index in [-0.39, 0.29) is 36.7 Å². The number of aliphatic hydroxyl groups excluding tert-OH is 1. The number of nitrogens with zero attached hydrogens (tertiary/aromatic N) is 1. The van der Waals surface area contributed by atoms with Gasteiger partial charge in [-0.2, -0.15) is 0 Å². The Morgan fingerprint density at radius 2 is 1.73 bits per heavy atom. The largest absolute Gasteiger partial charge is 0.391 e. The van der Waals surface area contributed by atoms with Gasteiger partial charge >= 0.3 is 0 Å². The minimum Gasteiger partial charge on any atom is -0.391 e. The third-order valence-corrected chi connectivity index (χ3v) is 9.63. The fourth-order valence-corrected chi connectivity index (χ4v) is 6.57. The highest BCUT2D eigenvalue weighted by atomic mass is 16.7. The average molecular weight is 632 g/mol. The third kappa shape index (κ3) is 12.9. The molecule has 1 saturated carbocycles. The number of methoxy groups -OCH3 is 1. The first-order chi connectivity index (χ1) is 21.7. The quantitative estimate of drug-likeness (QED) is 0.184.